The van der Waals surface area contributed by atoms with Crippen LogP contribution in [-0.2, 0) is 13.6 Å². The van der Waals surface area contributed by atoms with E-state index in [4.69, 9.17) is 5.11 Å². The second kappa shape index (κ2) is 6.19. The van der Waals surface area contributed by atoms with Crippen LogP contribution < -0.4 is 5.32 Å². The van der Waals surface area contributed by atoms with Gasteiger partial charge >= 0.3 is 5.97 Å². The second-order valence-electron chi connectivity index (χ2n) is 5.05. The highest BCUT2D eigenvalue weighted by Gasteiger charge is 2.19. The molecule has 108 valence electrons. The summed E-state index contributed by atoms with van der Waals surface area (Å²) in [6.45, 7) is 4.79. The summed E-state index contributed by atoms with van der Waals surface area (Å²) >= 11 is 1.71. The van der Waals surface area contributed by atoms with Crippen molar-refractivity contribution in [1.82, 2.24) is 15.1 Å². The highest BCUT2D eigenvalue weighted by molar-refractivity contribution is 7.10. The number of hydrogen-bond donors (Lipinski definition) is 2. The average Bonchev–Trinajstić information content (AvgIpc) is 3.00. The van der Waals surface area contributed by atoms with E-state index in [1.807, 2.05) is 6.07 Å². The molecular weight excluding hydrogens is 274 g/mol. The molecule has 2 N–H and O–H groups in total. The number of nitrogens with zero attached hydrogens (tertiary/aromatic N) is 2. The van der Waals surface area contributed by atoms with Crippen LogP contribution in [0.15, 0.2) is 23.7 Å². The van der Waals surface area contributed by atoms with Gasteiger partial charge in [0.05, 0.1) is 11.9 Å². The van der Waals surface area contributed by atoms with E-state index in [9.17, 15) is 4.79 Å². The first-order valence-corrected chi connectivity index (χ1v) is 7.39. The molecule has 0 aliphatic rings. The molecule has 0 spiro atoms. The lowest BCUT2D eigenvalue weighted by atomic mass is 10.0. The van der Waals surface area contributed by atoms with Gasteiger partial charge in [-0.3, -0.25) is 4.68 Å². The molecule has 0 saturated carbocycles. The highest BCUT2D eigenvalue weighted by Crippen LogP contribution is 2.26. The van der Waals surface area contributed by atoms with Crippen LogP contribution in [0.2, 0.25) is 0 Å². The van der Waals surface area contributed by atoms with Gasteiger partial charge in [-0.2, -0.15) is 5.10 Å². The number of carboxylic acids is 1. The molecular formula is C14H19N3O2S. The topological polar surface area (TPSA) is 67.2 Å². The number of thiophene rings is 1. The van der Waals surface area contributed by atoms with Crippen molar-refractivity contribution in [3.05, 3.63) is 39.8 Å². The van der Waals surface area contributed by atoms with Crippen LogP contribution in [0.1, 0.15) is 40.8 Å². The molecule has 2 aromatic heterocycles. The van der Waals surface area contributed by atoms with Gasteiger partial charge in [-0.25, -0.2) is 4.79 Å². The van der Waals surface area contributed by atoms with E-state index < -0.39 is 5.97 Å². The van der Waals surface area contributed by atoms with E-state index in [-0.39, 0.29) is 11.6 Å². The minimum atomic E-state index is -0.938. The first-order chi connectivity index (χ1) is 9.50. The van der Waals surface area contributed by atoms with Crippen molar-refractivity contribution in [2.75, 3.05) is 0 Å². The van der Waals surface area contributed by atoms with Gasteiger partial charge in [-0.05, 0) is 17.4 Å². The maximum absolute atomic E-state index is 11.2. The zero-order chi connectivity index (χ0) is 14.7. The molecule has 0 bridgehead atoms. The maximum Gasteiger partial charge on any atom is 0.339 e. The maximum atomic E-state index is 11.2. The summed E-state index contributed by atoms with van der Waals surface area (Å²) in [5, 5.41) is 18.7. The van der Waals surface area contributed by atoms with E-state index in [2.05, 4.69) is 35.7 Å². The quantitative estimate of drug-likeness (QED) is 0.859. The van der Waals surface area contributed by atoms with Crippen molar-refractivity contribution in [3.63, 3.8) is 0 Å². The van der Waals surface area contributed by atoms with Crippen LogP contribution in [0.25, 0.3) is 0 Å². The van der Waals surface area contributed by atoms with Gasteiger partial charge in [0.1, 0.15) is 5.56 Å². The van der Waals surface area contributed by atoms with Crippen molar-refractivity contribution in [1.29, 1.82) is 0 Å². The summed E-state index contributed by atoms with van der Waals surface area (Å²) in [6, 6.07) is 4.35. The molecule has 20 heavy (non-hydrogen) atoms. The van der Waals surface area contributed by atoms with Gasteiger partial charge in [0, 0.05) is 24.5 Å². The molecule has 5 nitrogen and oxygen atoms in total. The fourth-order valence-corrected chi connectivity index (χ4v) is 3.16. The molecule has 1 atom stereocenters. The Kier molecular flexibility index (Phi) is 4.57. The largest absolute Gasteiger partial charge is 0.478 e. The SMILES string of the molecule is CC(C)C(NCc1c(C(=O)O)cnn1C)c1cccs1. The fraction of sp³-hybridized carbons (Fsp3) is 0.429. The average molecular weight is 293 g/mol. The zero-order valence-corrected chi connectivity index (χ0v) is 12.6. The van der Waals surface area contributed by atoms with Gasteiger partial charge < -0.3 is 10.4 Å². The highest BCUT2D eigenvalue weighted by atomic mass is 32.1. The molecule has 1 unspecified atom stereocenters. The van der Waals surface area contributed by atoms with Crippen LogP contribution in [-0.4, -0.2) is 20.9 Å². The summed E-state index contributed by atoms with van der Waals surface area (Å²) in [5.74, 6) is -0.512. The van der Waals surface area contributed by atoms with E-state index in [1.54, 1.807) is 23.1 Å². The molecule has 0 aliphatic carbocycles. The van der Waals surface area contributed by atoms with E-state index in [0.717, 1.165) is 0 Å². The molecule has 0 fully saturated rings. The molecule has 0 aliphatic heterocycles. The molecule has 0 aromatic carbocycles. The van der Waals surface area contributed by atoms with Crippen molar-refractivity contribution in [3.8, 4) is 0 Å². The lowest BCUT2D eigenvalue weighted by Crippen LogP contribution is -2.26. The van der Waals surface area contributed by atoms with Crippen LogP contribution in [0, 0.1) is 5.92 Å². The number of aromatic carboxylic acids is 1. The minimum absolute atomic E-state index is 0.214. The number of carboxylic acid groups (broad SMARTS) is 1. The second-order valence-corrected chi connectivity index (χ2v) is 6.03. The Labute approximate surface area is 122 Å². The summed E-state index contributed by atoms with van der Waals surface area (Å²) in [4.78, 5) is 12.4. The predicted octanol–water partition coefficient (Wildman–Crippen LogP) is 2.67. The molecule has 6 heteroatoms. The van der Waals surface area contributed by atoms with Gasteiger partial charge in [0.25, 0.3) is 0 Å². The molecule has 2 heterocycles. The van der Waals surface area contributed by atoms with Crippen LogP contribution in [0.5, 0.6) is 0 Å². The fourth-order valence-electron chi connectivity index (χ4n) is 2.19. The van der Waals surface area contributed by atoms with Crippen molar-refractivity contribution < 1.29 is 9.90 Å². The lowest BCUT2D eigenvalue weighted by molar-refractivity contribution is 0.0695. The van der Waals surface area contributed by atoms with E-state index in [0.29, 0.717) is 18.2 Å². The predicted molar refractivity (Wildman–Crippen MR) is 78.9 cm³/mol. The Morgan fingerprint density at radius 2 is 2.30 bits per heavy atom. The molecule has 2 aromatic rings. The number of hydrogen-bond acceptors (Lipinski definition) is 4. The van der Waals surface area contributed by atoms with Crippen molar-refractivity contribution in [2.24, 2.45) is 13.0 Å². The monoisotopic (exact) mass is 293 g/mol. The normalized spacial score (nSPS) is 12.8. The number of aryl methyl sites for hydroxylation is 1. The Balaban J connectivity index is 2.14. The van der Waals surface area contributed by atoms with Crippen molar-refractivity contribution >= 4 is 17.3 Å². The Morgan fingerprint density at radius 1 is 1.55 bits per heavy atom. The molecule has 0 saturated heterocycles. The standard InChI is InChI=1S/C14H19N3O2S/c1-9(2)13(12-5-4-6-20-12)15-8-11-10(14(18)19)7-16-17(11)3/h4-7,9,13,15H,8H2,1-3H3,(H,18,19). The van der Waals surface area contributed by atoms with Crippen LogP contribution in [0.3, 0.4) is 0 Å². The summed E-state index contributed by atoms with van der Waals surface area (Å²) < 4.78 is 1.61. The molecule has 2 rings (SSSR count). The van der Waals surface area contributed by atoms with Crippen LogP contribution >= 0.6 is 11.3 Å². The number of carbonyl (C=O) groups is 1. The third-order valence-electron chi connectivity index (χ3n) is 3.30. The summed E-state index contributed by atoms with van der Waals surface area (Å²) in [7, 11) is 1.76. The number of rotatable bonds is 6. The summed E-state index contributed by atoms with van der Waals surface area (Å²) in [5.41, 5.74) is 0.952. The van der Waals surface area contributed by atoms with E-state index in [1.165, 1.54) is 11.1 Å². The Bertz CT molecular complexity index is 575. The Morgan fingerprint density at radius 3 is 2.85 bits per heavy atom. The molecule has 0 radical (unpaired) electrons. The van der Waals surface area contributed by atoms with Gasteiger partial charge in [0.15, 0.2) is 0 Å². The van der Waals surface area contributed by atoms with E-state index >= 15 is 0 Å². The Hall–Kier alpha value is -1.66. The third-order valence-corrected chi connectivity index (χ3v) is 4.25. The lowest BCUT2D eigenvalue weighted by Gasteiger charge is -2.21. The minimum Gasteiger partial charge on any atom is -0.478 e. The summed E-state index contributed by atoms with van der Waals surface area (Å²) in [6.07, 6.45) is 1.40. The smallest absolute Gasteiger partial charge is 0.339 e. The first kappa shape index (κ1) is 14.7. The van der Waals surface area contributed by atoms with Crippen molar-refractivity contribution in [2.45, 2.75) is 26.4 Å². The third kappa shape index (κ3) is 3.08. The zero-order valence-electron chi connectivity index (χ0n) is 11.8. The van der Waals surface area contributed by atoms with Gasteiger partial charge in [-0.1, -0.05) is 19.9 Å². The van der Waals surface area contributed by atoms with Gasteiger partial charge in [0.2, 0.25) is 0 Å². The number of nitrogens with one attached hydrogen (secondary N) is 1. The first-order valence-electron chi connectivity index (χ1n) is 6.51. The number of aromatic nitrogens is 2. The van der Waals surface area contributed by atoms with Crippen LogP contribution in [0.4, 0.5) is 0 Å². The van der Waals surface area contributed by atoms with Gasteiger partial charge in [-0.15, -0.1) is 11.3 Å². The molecule has 0 amide bonds.